The van der Waals surface area contributed by atoms with E-state index in [0.717, 1.165) is 27.9 Å². The predicted molar refractivity (Wildman–Crippen MR) is 176 cm³/mol. The van der Waals surface area contributed by atoms with Crippen LogP contribution in [0.15, 0.2) is 34.0 Å². The van der Waals surface area contributed by atoms with Crippen LogP contribution in [0.25, 0.3) is 11.1 Å². The highest BCUT2D eigenvalue weighted by molar-refractivity contribution is 7.98. The summed E-state index contributed by atoms with van der Waals surface area (Å²) in [6.07, 6.45) is -5.55. The highest BCUT2D eigenvalue weighted by Gasteiger charge is 2.56. The van der Waals surface area contributed by atoms with E-state index in [1.54, 1.807) is 24.5 Å². The average molecular weight is 718 g/mol. The van der Waals surface area contributed by atoms with Gasteiger partial charge in [0, 0.05) is 33.3 Å². The van der Waals surface area contributed by atoms with Crippen LogP contribution in [0.2, 0.25) is 0 Å². The Balaban J connectivity index is 1.94. The summed E-state index contributed by atoms with van der Waals surface area (Å²) >= 11 is 1.29. The Kier molecular flexibility index (Phi) is 12.3. The molecule has 0 aromatic heterocycles. The Morgan fingerprint density at radius 2 is 1.46 bits per heavy atom. The first-order valence-corrected chi connectivity index (χ1v) is 16.7. The molecular formula is C34H39NO14S. The number of ether oxygens (including phenoxy) is 8. The van der Waals surface area contributed by atoms with E-state index in [1.807, 2.05) is 0 Å². The monoisotopic (exact) mass is 717 g/mol. The quantitative estimate of drug-likeness (QED) is 0.214. The number of amides is 1. The summed E-state index contributed by atoms with van der Waals surface area (Å²) in [5.74, 6) is -3.53. The van der Waals surface area contributed by atoms with Gasteiger partial charge in [-0.25, -0.2) is 4.79 Å². The zero-order valence-corrected chi connectivity index (χ0v) is 29.6. The third-order valence-electron chi connectivity index (χ3n) is 7.96. The summed E-state index contributed by atoms with van der Waals surface area (Å²) in [5.41, 5.74) is 2.19. The molecule has 0 radical (unpaired) electrons. The molecule has 1 unspecified atom stereocenters. The van der Waals surface area contributed by atoms with Crippen LogP contribution in [-0.4, -0.2) is 88.1 Å². The molecule has 6 atom stereocenters. The second-order valence-corrected chi connectivity index (χ2v) is 12.2. The van der Waals surface area contributed by atoms with Gasteiger partial charge >= 0.3 is 23.9 Å². The van der Waals surface area contributed by atoms with Gasteiger partial charge in [-0.2, -0.15) is 0 Å². The van der Waals surface area contributed by atoms with Gasteiger partial charge in [-0.3, -0.25) is 24.0 Å². The van der Waals surface area contributed by atoms with Crippen molar-refractivity contribution in [3.05, 3.63) is 45.6 Å². The third-order valence-corrected chi connectivity index (χ3v) is 8.73. The molecule has 1 saturated heterocycles. The van der Waals surface area contributed by atoms with Gasteiger partial charge in [0.15, 0.2) is 35.2 Å². The molecule has 16 heteroatoms. The summed E-state index contributed by atoms with van der Waals surface area (Å²) in [6.45, 7) is 4.64. The summed E-state index contributed by atoms with van der Waals surface area (Å²) in [6, 6.07) is 6.09. The fourth-order valence-electron chi connectivity index (χ4n) is 6.10. The smallest absolute Gasteiger partial charge is 0.339 e. The second-order valence-electron chi connectivity index (χ2n) is 11.3. The lowest BCUT2D eigenvalue weighted by molar-refractivity contribution is -0.282. The van der Waals surface area contributed by atoms with Crippen molar-refractivity contribution in [2.24, 2.45) is 0 Å². The van der Waals surface area contributed by atoms with Crippen molar-refractivity contribution in [3.8, 4) is 28.4 Å². The van der Waals surface area contributed by atoms with Crippen LogP contribution >= 0.6 is 11.8 Å². The minimum absolute atomic E-state index is 0.00975. The van der Waals surface area contributed by atoms with E-state index in [4.69, 9.17) is 37.9 Å². The molecule has 15 nitrogen and oxygen atoms in total. The van der Waals surface area contributed by atoms with E-state index in [1.165, 1.54) is 39.0 Å². The molecule has 1 heterocycles. The largest absolute Gasteiger partial charge is 0.492 e. The molecule has 1 aliphatic heterocycles. The minimum Gasteiger partial charge on any atom is -0.492 e. The van der Waals surface area contributed by atoms with Crippen molar-refractivity contribution in [3.63, 3.8) is 0 Å². The lowest BCUT2D eigenvalue weighted by atomic mass is 9.95. The molecule has 270 valence electrons. The number of hydrogen-bond acceptors (Lipinski definition) is 15. The van der Waals surface area contributed by atoms with Crippen LogP contribution in [0.1, 0.15) is 51.3 Å². The van der Waals surface area contributed by atoms with Crippen molar-refractivity contribution >= 4 is 41.5 Å². The highest BCUT2D eigenvalue weighted by atomic mass is 32.2. The number of thioether (sulfide) groups is 1. The normalized spacial score (nSPS) is 22.3. The first kappa shape index (κ1) is 38.0. The molecule has 0 spiro atoms. The Morgan fingerprint density at radius 3 is 2.02 bits per heavy atom. The van der Waals surface area contributed by atoms with Gasteiger partial charge in [-0.15, -0.1) is 11.8 Å². The van der Waals surface area contributed by atoms with Gasteiger partial charge in [0.25, 0.3) is 0 Å². The number of fused-ring (bicyclic) bond motifs is 3. The first-order chi connectivity index (χ1) is 23.7. The fraction of sp³-hybridized carbons (Fsp3) is 0.471. The maximum atomic E-state index is 13.2. The van der Waals surface area contributed by atoms with E-state index < -0.39 is 60.6 Å². The van der Waals surface area contributed by atoms with Crippen LogP contribution in [0.5, 0.6) is 17.2 Å². The molecular weight excluding hydrogens is 678 g/mol. The Hall–Kier alpha value is -4.83. The maximum absolute atomic E-state index is 13.2. The van der Waals surface area contributed by atoms with Crippen LogP contribution in [0, 0.1) is 0 Å². The molecule has 0 bridgehead atoms. The van der Waals surface area contributed by atoms with Crippen LogP contribution in [-0.2, 0) is 54.1 Å². The number of aryl methyl sites for hydroxylation is 1. The topological polar surface area (TPSA) is 188 Å². The van der Waals surface area contributed by atoms with Crippen LogP contribution in [0.4, 0.5) is 0 Å². The molecule has 0 saturated carbocycles. The fourth-order valence-corrected chi connectivity index (χ4v) is 6.56. The number of carbonyl (C=O) groups is 5. The molecule has 1 N–H and O–H groups in total. The van der Waals surface area contributed by atoms with Gasteiger partial charge in [-0.1, -0.05) is 6.07 Å². The van der Waals surface area contributed by atoms with Crippen molar-refractivity contribution in [1.82, 2.24) is 5.32 Å². The summed E-state index contributed by atoms with van der Waals surface area (Å²) in [4.78, 5) is 75.6. The van der Waals surface area contributed by atoms with Gasteiger partial charge < -0.3 is 43.2 Å². The average Bonchev–Trinajstić information content (AvgIpc) is 3.29. The summed E-state index contributed by atoms with van der Waals surface area (Å²) in [7, 11) is 3.86. The maximum Gasteiger partial charge on any atom is 0.339 e. The number of nitrogens with one attached hydrogen (secondary N) is 1. The number of methoxy groups -OCH3 is 3. The molecule has 2 aromatic rings. The first-order valence-electron chi connectivity index (χ1n) is 15.4. The SMILES string of the molecule is COC(=O)[C@H]1O[C@@H](Oc2cc3c(c(OC)c2OC)-c2ccc(SC)c(=O)cc2C(NC(C)=O)CC3)[C@H](OC(C)=O)[C@@H](OC(C)=O)[C@@H]1OC(C)=O. The highest BCUT2D eigenvalue weighted by Crippen LogP contribution is 2.51. The standard InChI is InChI=1S/C34H39NO14S/c1-15(36)35-22-11-9-19-13-24(27(42-5)28(43-6)26(19)20-10-12-25(50-8)23(40)14-21(20)22)48-34-32(47-18(4)39)30(46-17(3)38)29(45-16(2)37)31(49-34)33(41)44-7/h10,12-14,22,29-32,34H,9,11H2,1-8H3,(H,35,36)/t22?,29-,30-,31-,32+,34+/m0/s1. The molecule has 1 fully saturated rings. The number of hydrogen-bond donors (Lipinski definition) is 1. The Labute approximate surface area is 292 Å². The zero-order chi connectivity index (χ0) is 36.9. The van der Waals surface area contributed by atoms with Gasteiger partial charge in [0.05, 0.1) is 32.3 Å². The molecule has 1 aliphatic carbocycles. The van der Waals surface area contributed by atoms with E-state index in [-0.39, 0.29) is 28.6 Å². The number of benzene rings is 1. The van der Waals surface area contributed by atoms with E-state index in [0.29, 0.717) is 40.0 Å². The lowest BCUT2D eigenvalue weighted by Crippen LogP contribution is -2.64. The van der Waals surface area contributed by atoms with Crippen molar-refractivity contribution in [1.29, 1.82) is 0 Å². The van der Waals surface area contributed by atoms with Crippen LogP contribution < -0.4 is 25.0 Å². The molecule has 2 aliphatic rings. The van der Waals surface area contributed by atoms with Crippen molar-refractivity contribution < 1.29 is 61.9 Å². The van der Waals surface area contributed by atoms with E-state index >= 15 is 0 Å². The number of carbonyl (C=O) groups excluding carboxylic acids is 5. The van der Waals surface area contributed by atoms with Crippen molar-refractivity contribution in [2.45, 2.75) is 82.2 Å². The Morgan fingerprint density at radius 1 is 0.840 bits per heavy atom. The lowest BCUT2D eigenvalue weighted by Gasteiger charge is -2.43. The van der Waals surface area contributed by atoms with Gasteiger partial charge in [-0.05, 0) is 54.0 Å². The van der Waals surface area contributed by atoms with Crippen LogP contribution in [0.3, 0.4) is 0 Å². The summed E-state index contributed by atoms with van der Waals surface area (Å²) in [5, 5.41) is 2.94. The second kappa shape index (κ2) is 16.3. The van der Waals surface area contributed by atoms with Gasteiger partial charge in [0.1, 0.15) is 0 Å². The third kappa shape index (κ3) is 8.13. The molecule has 2 aromatic carbocycles. The zero-order valence-electron chi connectivity index (χ0n) is 28.8. The van der Waals surface area contributed by atoms with Gasteiger partial charge in [0.2, 0.25) is 24.1 Å². The summed E-state index contributed by atoms with van der Waals surface area (Å²) < 4.78 is 45.2. The van der Waals surface area contributed by atoms with Crippen molar-refractivity contribution in [2.75, 3.05) is 27.6 Å². The molecule has 4 rings (SSSR count). The van der Waals surface area contributed by atoms with E-state index in [9.17, 15) is 28.8 Å². The number of rotatable bonds is 10. The molecule has 50 heavy (non-hydrogen) atoms. The number of esters is 4. The van der Waals surface area contributed by atoms with E-state index in [2.05, 4.69) is 5.32 Å². The Bertz CT molecular complexity index is 1730. The molecule has 1 amide bonds. The predicted octanol–water partition coefficient (Wildman–Crippen LogP) is 2.65. The minimum atomic E-state index is -1.68.